The van der Waals surface area contributed by atoms with E-state index in [1.807, 2.05) is 31.2 Å². The maximum absolute atomic E-state index is 12.2. The van der Waals surface area contributed by atoms with E-state index in [1.165, 1.54) is 23.1 Å². The summed E-state index contributed by atoms with van der Waals surface area (Å²) in [5.41, 5.74) is 1.48. The fourth-order valence-corrected chi connectivity index (χ4v) is 3.85. The molecule has 3 heterocycles. The summed E-state index contributed by atoms with van der Waals surface area (Å²) in [6.45, 7) is 1.99. The molecule has 28 heavy (non-hydrogen) atoms. The minimum atomic E-state index is -0.160. The number of carbonyl (C=O) groups excluding carboxylic acids is 1. The fourth-order valence-electron chi connectivity index (χ4n) is 2.37. The zero-order chi connectivity index (χ0) is 19.5. The quantitative estimate of drug-likeness (QED) is 0.466. The number of carbonyl (C=O) groups is 1. The van der Waals surface area contributed by atoms with Crippen molar-refractivity contribution in [1.82, 2.24) is 30.0 Å². The first kappa shape index (κ1) is 18.8. The Kier molecular flexibility index (Phi) is 5.51. The van der Waals surface area contributed by atoms with Crippen molar-refractivity contribution in [2.24, 2.45) is 0 Å². The zero-order valence-electron chi connectivity index (χ0n) is 14.7. The van der Waals surface area contributed by atoms with Gasteiger partial charge < -0.3 is 0 Å². The van der Waals surface area contributed by atoms with Crippen LogP contribution in [0.3, 0.4) is 0 Å². The average molecular weight is 432 g/mol. The Bertz CT molecular complexity index is 1130. The number of amides is 1. The van der Waals surface area contributed by atoms with Crippen LogP contribution in [0.15, 0.2) is 41.4 Å². The summed E-state index contributed by atoms with van der Waals surface area (Å²) in [4.78, 5) is 12.2. The molecular weight excluding hydrogens is 418 g/mol. The number of halogens is 1. The lowest BCUT2D eigenvalue weighted by Gasteiger charge is -2.03. The smallest absolute Gasteiger partial charge is 0.236 e. The van der Waals surface area contributed by atoms with E-state index in [0.29, 0.717) is 26.7 Å². The minimum absolute atomic E-state index is 0.160. The van der Waals surface area contributed by atoms with Crippen molar-refractivity contribution in [3.63, 3.8) is 0 Å². The van der Waals surface area contributed by atoms with E-state index >= 15 is 0 Å². The number of hydrogen-bond donors (Lipinski definition) is 1. The summed E-state index contributed by atoms with van der Waals surface area (Å²) in [7, 11) is 0. The molecule has 0 aliphatic rings. The molecule has 142 valence electrons. The molecule has 0 radical (unpaired) electrons. The third-order valence-electron chi connectivity index (χ3n) is 3.71. The molecule has 0 aliphatic carbocycles. The van der Waals surface area contributed by atoms with Crippen LogP contribution in [0.2, 0.25) is 5.02 Å². The molecule has 0 saturated carbocycles. The number of thioether (sulfide) groups is 1. The van der Waals surface area contributed by atoms with Crippen molar-refractivity contribution in [3.05, 3.63) is 46.4 Å². The van der Waals surface area contributed by atoms with E-state index in [0.717, 1.165) is 17.0 Å². The Morgan fingerprint density at radius 3 is 2.71 bits per heavy atom. The van der Waals surface area contributed by atoms with Gasteiger partial charge in [0, 0.05) is 10.6 Å². The van der Waals surface area contributed by atoms with Crippen LogP contribution in [-0.4, -0.2) is 41.7 Å². The lowest BCUT2D eigenvalue weighted by Crippen LogP contribution is -2.14. The highest BCUT2D eigenvalue weighted by molar-refractivity contribution is 7.99. The number of nitrogens with zero attached hydrogens (tertiary/aromatic N) is 6. The van der Waals surface area contributed by atoms with Gasteiger partial charge in [0.05, 0.1) is 5.75 Å². The summed E-state index contributed by atoms with van der Waals surface area (Å²) in [6.07, 6.45) is 0.793. The van der Waals surface area contributed by atoms with Crippen LogP contribution in [0.25, 0.3) is 17.0 Å². The summed E-state index contributed by atoms with van der Waals surface area (Å²) >= 11 is 8.65. The van der Waals surface area contributed by atoms with Gasteiger partial charge in [-0.2, -0.15) is 9.61 Å². The summed E-state index contributed by atoms with van der Waals surface area (Å²) in [6, 6.07) is 10.9. The first-order valence-electron chi connectivity index (χ1n) is 8.36. The van der Waals surface area contributed by atoms with Crippen LogP contribution in [0, 0.1) is 0 Å². The highest BCUT2D eigenvalue weighted by Crippen LogP contribution is 2.22. The van der Waals surface area contributed by atoms with E-state index in [9.17, 15) is 4.79 Å². The topological polar surface area (TPSA) is 98.0 Å². The van der Waals surface area contributed by atoms with Gasteiger partial charge in [0.15, 0.2) is 11.5 Å². The van der Waals surface area contributed by atoms with Crippen LogP contribution < -0.4 is 5.32 Å². The molecule has 0 saturated heterocycles. The van der Waals surface area contributed by atoms with Gasteiger partial charge in [-0.05, 0) is 42.8 Å². The molecule has 0 unspecified atom stereocenters. The second-order valence-corrected chi connectivity index (χ2v) is 8.16. The number of anilines is 1. The summed E-state index contributed by atoms with van der Waals surface area (Å²) in [5.74, 6) is 0.657. The first-order chi connectivity index (χ1) is 13.6. The molecule has 1 amide bonds. The van der Waals surface area contributed by atoms with Crippen molar-refractivity contribution in [2.75, 3.05) is 11.1 Å². The van der Waals surface area contributed by atoms with Crippen molar-refractivity contribution < 1.29 is 4.79 Å². The van der Waals surface area contributed by atoms with Gasteiger partial charge in [0.25, 0.3) is 0 Å². The Hall–Kier alpha value is -2.56. The zero-order valence-corrected chi connectivity index (χ0v) is 17.1. The van der Waals surface area contributed by atoms with Gasteiger partial charge >= 0.3 is 0 Å². The van der Waals surface area contributed by atoms with Crippen LogP contribution in [0.5, 0.6) is 0 Å². The van der Waals surface area contributed by atoms with Crippen molar-refractivity contribution >= 4 is 51.4 Å². The molecule has 4 aromatic rings. The molecule has 1 N–H and O–H groups in total. The lowest BCUT2D eigenvalue weighted by molar-refractivity contribution is -0.113. The highest BCUT2D eigenvalue weighted by Gasteiger charge is 2.12. The fraction of sp³-hybridized carbons (Fsp3) is 0.176. The second-order valence-electron chi connectivity index (χ2n) is 5.66. The van der Waals surface area contributed by atoms with Crippen molar-refractivity contribution in [3.8, 4) is 11.4 Å². The van der Waals surface area contributed by atoms with E-state index in [2.05, 4.69) is 30.8 Å². The molecule has 0 aliphatic heterocycles. The lowest BCUT2D eigenvalue weighted by atomic mass is 10.2. The largest absolute Gasteiger partial charge is 0.300 e. The maximum Gasteiger partial charge on any atom is 0.236 e. The SMILES string of the molecule is CCc1nnc(NC(=O)CSc2ccc3nnc(-c4ccc(Cl)cc4)n3n2)s1. The van der Waals surface area contributed by atoms with Crippen LogP contribution in [-0.2, 0) is 11.2 Å². The van der Waals surface area contributed by atoms with Gasteiger partial charge in [0.1, 0.15) is 10.0 Å². The number of aryl methyl sites for hydroxylation is 1. The molecule has 11 heteroatoms. The maximum atomic E-state index is 12.2. The van der Waals surface area contributed by atoms with Crippen molar-refractivity contribution in [1.29, 1.82) is 0 Å². The van der Waals surface area contributed by atoms with Crippen LogP contribution in [0.4, 0.5) is 5.13 Å². The summed E-state index contributed by atoms with van der Waals surface area (Å²) < 4.78 is 1.65. The predicted molar refractivity (Wildman–Crippen MR) is 110 cm³/mol. The molecule has 0 spiro atoms. The van der Waals surface area contributed by atoms with Gasteiger partial charge in [-0.25, -0.2) is 0 Å². The van der Waals surface area contributed by atoms with E-state index in [4.69, 9.17) is 11.6 Å². The number of nitrogens with one attached hydrogen (secondary N) is 1. The average Bonchev–Trinajstić information content (AvgIpc) is 3.33. The van der Waals surface area contributed by atoms with Gasteiger partial charge in [-0.1, -0.05) is 41.6 Å². The van der Waals surface area contributed by atoms with Crippen LogP contribution in [0.1, 0.15) is 11.9 Å². The standard InChI is InChI=1S/C17H14ClN7OS2/c1-2-14-21-23-17(28-14)19-13(26)9-27-15-8-7-12-20-22-16(25(12)24-15)10-3-5-11(18)6-4-10/h3-8H,2,9H2,1H3,(H,19,23,26). The molecular formula is C17H14ClN7OS2. The molecule has 0 atom stereocenters. The van der Waals surface area contributed by atoms with Gasteiger partial charge in [0.2, 0.25) is 11.0 Å². The Morgan fingerprint density at radius 2 is 1.96 bits per heavy atom. The van der Waals surface area contributed by atoms with E-state index in [-0.39, 0.29) is 11.7 Å². The first-order valence-corrected chi connectivity index (χ1v) is 10.5. The number of rotatable bonds is 6. The second kappa shape index (κ2) is 8.21. The number of hydrogen-bond acceptors (Lipinski definition) is 8. The van der Waals surface area contributed by atoms with Gasteiger partial charge in [-0.3, -0.25) is 10.1 Å². The number of fused-ring (bicyclic) bond motifs is 1. The molecule has 4 rings (SSSR count). The molecule has 8 nitrogen and oxygen atoms in total. The molecule has 0 bridgehead atoms. The molecule has 1 aromatic carbocycles. The number of benzene rings is 1. The monoisotopic (exact) mass is 431 g/mol. The summed E-state index contributed by atoms with van der Waals surface area (Å²) in [5, 5.41) is 26.3. The predicted octanol–water partition coefficient (Wildman–Crippen LogP) is 3.59. The normalized spacial score (nSPS) is 11.1. The van der Waals surface area contributed by atoms with E-state index in [1.54, 1.807) is 16.6 Å². The van der Waals surface area contributed by atoms with Gasteiger partial charge in [-0.15, -0.1) is 20.4 Å². The van der Waals surface area contributed by atoms with Crippen LogP contribution >= 0.6 is 34.7 Å². The Labute approximate surface area is 173 Å². The molecule has 0 fully saturated rings. The minimum Gasteiger partial charge on any atom is -0.300 e. The third-order valence-corrected chi connectivity index (χ3v) is 5.86. The third kappa shape index (κ3) is 4.13. The Balaban J connectivity index is 1.47. The van der Waals surface area contributed by atoms with E-state index < -0.39 is 0 Å². The number of aromatic nitrogens is 6. The molecule has 3 aromatic heterocycles. The Morgan fingerprint density at radius 1 is 1.14 bits per heavy atom. The highest BCUT2D eigenvalue weighted by atomic mass is 35.5. The van der Waals surface area contributed by atoms with Crippen molar-refractivity contribution in [2.45, 2.75) is 18.4 Å².